The summed E-state index contributed by atoms with van der Waals surface area (Å²) >= 11 is 1.18. The summed E-state index contributed by atoms with van der Waals surface area (Å²) in [6.45, 7) is -0.216. The molecule has 0 bridgehead atoms. The predicted octanol–water partition coefficient (Wildman–Crippen LogP) is 1.39. The molecule has 3 rings (SSSR count). The zero-order valence-corrected chi connectivity index (χ0v) is 12.1. The first-order valence-corrected chi connectivity index (χ1v) is 7.20. The van der Waals surface area contributed by atoms with Crippen LogP contribution in [0, 0.1) is 0 Å². The molecule has 0 aliphatic heterocycles. The second-order valence-electron chi connectivity index (χ2n) is 4.50. The highest BCUT2D eigenvalue weighted by atomic mass is 32.1. The summed E-state index contributed by atoms with van der Waals surface area (Å²) in [7, 11) is 0. The lowest BCUT2D eigenvalue weighted by Gasteiger charge is -2.05. The molecular weight excluding hydrogens is 306 g/mol. The van der Waals surface area contributed by atoms with Gasteiger partial charge in [0.05, 0.1) is 11.1 Å². The minimum atomic E-state index is -0.623. The summed E-state index contributed by atoms with van der Waals surface area (Å²) in [4.78, 5) is 35.1. The van der Waals surface area contributed by atoms with Gasteiger partial charge >= 0.3 is 5.76 Å². The maximum atomic E-state index is 12.1. The second-order valence-corrected chi connectivity index (χ2v) is 5.41. The van der Waals surface area contributed by atoms with E-state index in [4.69, 9.17) is 10.2 Å². The molecule has 0 saturated heterocycles. The average molecular weight is 317 g/mol. The molecule has 0 saturated carbocycles. The van der Waals surface area contributed by atoms with E-state index in [0.29, 0.717) is 16.1 Å². The lowest BCUT2D eigenvalue weighted by molar-refractivity contribution is -0.116. The molecule has 0 aliphatic rings. The largest absolute Gasteiger partial charge is 0.420 e. The first-order chi connectivity index (χ1) is 10.6. The number of rotatable bonds is 4. The Hall–Kier alpha value is -2.87. The number of amides is 2. The zero-order chi connectivity index (χ0) is 15.7. The number of fused-ring (bicyclic) bond motifs is 1. The van der Waals surface area contributed by atoms with Crippen molar-refractivity contribution >= 4 is 39.3 Å². The topological polar surface area (TPSA) is 107 Å². The molecule has 3 aromatic rings. The van der Waals surface area contributed by atoms with Crippen molar-refractivity contribution in [2.45, 2.75) is 6.54 Å². The number of primary amides is 1. The van der Waals surface area contributed by atoms with Crippen molar-refractivity contribution in [3.8, 4) is 0 Å². The average Bonchev–Trinajstić information content (AvgIpc) is 3.04. The third-order valence-corrected chi connectivity index (χ3v) is 3.89. The van der Waals surface area contributed by atoms with Gasteiger partial charge in [0.1, 0.15) is 11.5 Å². The van der Waals surface area contributed by atoms with Gasteiger partial charge in [0, 0.05) is 0 Å². The maximum absolute atomic E-state index is 12.1. The fourth-order valence-corrected chi connectivity index (χ4v) is 2.88. The van der Waals surface area contributed by atoms with Crippen molar-refractivity contribution in [2.24, 2.45) is 5.73 Å². The number of carbonyl (C=O) groups is 2. The first-order valence-electron chi connectivity index (χ1n) is 6.32. The highest BCUT2D eigenvalue weighted by Crippen LogP contribution is 2.22. The molecule has 2 amide bonds. The third kappa shape index (κ3) is 2.51. The summed E-state index contributed by atoms with van der Waals surface area (Å²) in [6.07, 6.45) is 0. The summed E-state index contributed by atoms with van der Waals surface area (Å²) in [5.41, 5.74) is 6.40. The maximum Gasteiger partial charge on any atom is 0.420 e. The number of para-hydroxylation sites is 2. The number of oxazole rings is 1. The SMILES string of the molecule is NC(=O)c1ccsc1NC(=O)Cn1c(=O)oc2ccccc21. The fraction of sp³-hybridized carbons (Fsp3) is 0.0714. The molecule has 2 aromatic heterocycles. The van der Waals surface area contributed by atoms with Crippen molar-refractivity contribution in [2.75, 3.05) is 5.32 Å². The number of hydrogen-bond acceptors (Lipinski definition) is 5. The summed E-state index contributed by atoms with van der Waals surface area (Å²) in [5, 5.41) is 4.59. The van der Waals surface area contributed by atoms with Crippen LogP contribution in [-0.2, 0) is 11.3 Å². The molecule has 0 atom stereocenters. The Morgan fingerprint density at radius 1 is 1.27 bits per heavy atom. The Kier molecular flexibility index (Phi) is 3.51. The second kappa shape index (κ2) is 5.49. The molecule has 0 aliphatic carbocycles. The number of nitrogens with one attached hydrogen (secondary N) is 1. The Morgan fingerprint density at radius 3 is 2.82 bits per heavy atom. The van der Waals surface area contributed by atoms with E-state index in [0.717, 1.165) is 0 Å². The Morgan fingerprint density at radius 2 is 2.05 bits per heavy atom. The number of aromatic nitrogens is 1. The van der Waals surface area contributed by atoms with Gasteiger partial charge in [-0.25, -0.2) is 4.79 Å². The van der Waals surface area contributed by atoms with Crippen LogP contribution in [0.4, 0.5) is 5.00 Å². The molecule has 22 heavy (non-hydrogen) atoms. The number of nitrogens with zero attached hydrogens (tertiary/aromatic N) is 1. The number of hydrogen-bond donors (Lipinski definition) is 2. The minimum Gasteiger partial charge on any atom is -0.408 e. The van der Waals surface area contributed by atoms with Crippen LogP contribution >= 0.6 is 11.3 Å². The Labute approximate surface area is 128 Å². The van der Waals surface area contributed by atoms with Gasteiger partial charge in [0.15, 0.2) is 5.58 Å². The Balaban J connectivity index is 1.85. The van der Waals surface area contributed by atoms with E-state index in [-0.39, 0.29) is 12.1 Å². The monoisotopic (exact) mass is 317 g/mol. The van der Waals surface area contributed by atoms with E-state index >= 15 is 0 Å². The minimum absolute atomic E-state index is 0.216. The van der Waals surface area contributed by atoms with Crippen LogP contribution in [0.2, 0.25) is 0 Å². The molecule has 112 valence electrons. The van der Waals surface area contributed by atoms with Crippen molar-refractivity contribution in [1.82, 2.24) is 4.57 Å². The van der Waals surface area contributed by atoms with Crippen molar-refractivity contribution in [3.05, 3.63) is 51.8 Å². The molecule has 0 fully saturated rings. The van der Waals surface area contributed by atoms with E-state index < -0.39 is 17.6 Å². The lowest BCUT2D eigenvalue weighted by Crippen LogP contribution is -2.25. The number of anilines is 1. The fourth-order valence-electron chi connectivity index (χ4n) is 2.07. The standard InChI is InChI=1S/C14H11N3O4S/c15-12(19)8-5-6-22-13(8)16-11(18)7-17-9-3-1-2-4-10(9)21-14(17)20/h1-6H,7H2,(H2,15,19)(H,16,18). The summed E-state index contributed by atoms with van der Waals surface area (Å²) < 4.78 is 6.28. The van der Waals surface area contributed by atoms with Gasteiger partial charge in [-0.1, -0.05) is 12.1 Å². The molecule has 2 heterocycles. The molecular formula is C14H11N3O4S. The van der Waals surface area contributed by atoms with Crippen LogP contribution in [-0.4, -0.2) is 16.4 Å². The van der Waals surface area contributed by atoms with E-state index in [1.807, 2.05) is 0 Å². The van der Waals surface area contributed by atoms with E-state index in [1.54, 1.807) is 29.6 Å². The van der Waals surface area contributed by atoms with Crippen molar-refractivity contribution < 1.29 is 14.0 Å². The van der Waals surface area contributed by atoms with E-state index in [1.165, 1.54) is 22.0 Å². The number of carbonyl (C=O) groups excluding carboxylic acids is 2. The molecule has 7 nitrogen and oxygen atoms in total. The zero-order valence-electron chi connectivity index (χ0n) is 11.2. The summed E-state index contributed by atoms with van der Waals surface area (Å²) in [5.74, 6) is -1.68. The van der Waals surface area contributed by atoms with Crippen LogP contribution < -0.4 is 16.8 Å². The van der Waals surface area contributed by atoms with Gasteiger partial charge in [0.2, 0.25) is 5.91 Å². The molecule has 0 radical (unpaired) electrons. The van der Waals surface area contributed by atoms with Crippen molar-refractivity contribution in [3.63, 3.8) is 0 Å². The lowest BCUT2D eigenvalue weighted by atomic mass is 10.3. The molecule has 3 N–H and O–H groups in total. The quantitative estimate of drug-likeness (QED) is 0.758. The Bertz CT molecular complexity index is 921. The smallest absolute Gasteiger partial charge is 0.408 e. The van der Waals surface area contributed by atoms with Crippen LogP contribution in [0.5, 0.6) is 0 Å². The van der Waals surface area contributed by atoms with E-state index in [9.17, 15) is 14.4 Å². The number of nitrogens with two attached hydrogens (primary N) is 1. The van der Waals surface area contributed by atoms with Crippen LogP contribution in [0.15, 0.2) is 44.9 Å². The molecule has 1 aromatic carbocycles. The first kappa shape index (κ1) is 14.1. The van der Waals surface area contributed by atoms with Crippen molar-refractivity contribution in [1.29, 1.82) is 0 Å². The number of thiophene rings is 1. The van der Waals surface area contributed by atoms with Gasteiger partial charge in [-0.15, -0.1) is 11.3 Å². The molecule has 0 unspecified atom stereocenters. The number of benzene rings is 1. The van der Waals surface area contributed by atoms with Gasteiger partial charge in [-0.2, -0.15) is 0 Å². The van der Waals surface area contributed by atoms with Gasteiger partial charge in [-0.05, 0) is 23.6 Å². The molecule has 0 spiro atoms. The summed E-state index contributed by atoms with van der Waals surface area (Å²) in [6, 6.07) is 8.35. The van der Waals surface area contributed by atoms with E-state index in [2.05, 4.69) is 5.32 Å². The van der Waals surface area contributed by atoms with Crippen LogP contribution in [0.25, 0.3) is 11.1 Å². The third-order valence-electron chi connectivity index (χ3n) is 3.06. The normalized spacial score (nSPS) is 10.7. The van der Waals surface area contributed by atoms with Gasteiger partial charge in [0.25, 0.3) is 5.91 Å². The van der Waals surface area contributed by atoms with Crippen LogP contribution in [0.3, 0.4) is 0 Å². The predicted molar refractivity (Wildman–Crippen MR) is 81.9 cm³/mol. The van der Waals surface area contributed by atoms with Crippen LogP contribution in [0.1, 0.15) is 10.4 Å². The highest BCUT2D eigenvalue weighted by molar-refractivity contribution is 7.14. The van der Waals surface area contributed by atoms with Gasteiger partial charge < -0.3 is 15.5 Å². The highest BCUT2D eigenvalue weighted by Gasteiger charge is 2.15. The molecule has 8 heteroatoms. The van der Waals surface area contributed by atoms with Gasteiger partial charge in [-0.3, -0.25) is 14.2 Å².